The molecule has 0 aliphatic rings. The second-order valence-corrected chi connectivity index (χ2v) is 6.55. The van der Waals surface area contributed by atoms with Gasteiger partial charge in [0.25, 0.3) is 5.91 Å². The largest absolute Gasteiger partial charge is 0.337 e. The average molecular weight is 354 g/mol. The third kappa shape index (κ3) is 4.36. The summed E-state index contributed by atoms with van der Waals surface area (Å²) < 4.78 is 0.965. The maximum atomic E-state index is 12.2. The van der Waals surface area contributed by atoms with Crippen LogP contribution in [-0.2, 0) is 6.42 Å². The molecule has 1 aromatic heterocycles. The molecule has 3 N–H and O–H groups in total. The second kappa shape index (κ2) is 8.17. The standard InChI is InChI=1S/C16H20ClN3O2S/c1-3-5-8-18-16(22)20-19-15(21)14-13(17)11-7-6-10(4-2)9-12(11)23-14/h6-7,9H,3-5,8H2,1-2H3,(H,19,21)(H2,18,20,22). The molecule has 2 aromatic rings. The highest BCUT2D eigenvalue weighted by atomic mass is 35.5. The molecule has 124 valence electrons. The Labute approximate surface area is 144 Å². The van der Waals surface area contributed by atoms with Crippen molar-refractivity contribution in [1.29, 1.82) is 0 Å². The van der Waals surface area contributed by atoms with E-state index in [9.17, 15) is 9.59 Å². The zero-order valence-corrected chi connectivity index (χ0v) is 14.7. The van der Waals surface area contributed by atoms with E-state index >= 15 is 0 Å². The quantitative estimate of drug-likeness (QED) is 0.564. The zero-order chi connectivity index (χ0) is 16.8. The minimum absolute atomic E-state index is 0.392. The van der Waals surface area contributed by atoms with Crippen molar-refractivity contribution in [3.8, 4) is 0 Å². The van der Waals surface area contributed by atoms with Crippen LogP contribution in [0.25, 0.3) is 10.1 Å². The van der Waals surface area contributed by atoms with Gasteiger partial charge in [-0.3, -0.25) is 10.2 Å². The number of thiophene rings is 1. The van der Waals surface area contributed by atoms with Crippen LogP contribution in [0.1, 0.15) is 41.9 Å². The molecular formula is C16H20ClN3O2S. The van der Waals surface area contributed by atoms with Crippen LogP contribution in [0.2, 0.25) is 5.02 Å². The average Bonchev–Trinajstić information content (AvgIpc) is 2.89. The second-order valence-electron chi connectivity index (χ2n) is 5.12. The van der Waals surface area contributed by atoms with Crippen molar-refractivity contribution < 1.29 is 9.59 Å². The molecule has 0 fully saturated rings. The number of carbonyl (C=O) groups is 2. The van der Waals surface area contributed by atoms with E-state index in [0.29, 0.717) is 16.4 Å². The predicted octanol–water partition coefficient (Wildman–Crippen LogP) is 3.86. The number of nitrogens with one attached hydrogen (secondary N) is 3. The summed E-state index contributed by atoms with van der Waals surface area (Å²) in [5.41, 5.74) is 5.90. The molecule has 0 aliphatic heterocycles. The van der Waals surface area contributed by atoms with Crippen LogP contribution in [0, 0.1) is 0 Å². The number of fused-ring (bicyclic) bond motifs is 1. The SMILES string of the molecule is CCCCNC(=O)NNC(=O)c1sc2cc(CC)ccc2c1Cl. The fourth-order valence-corrected chi connectivity index (χ4v) is 3.54. The molecule has 1 aromatic carbocycles. The number of hydrogen-bond donors (Lipinski definition) is 3. The van der Waals surface area contributed by atoms with E-state index in [1.54, 1.807) is 0 Å². The number of carbonyl (C=O) groups excluding carboxylic acids is 2. The maximum absolute atomic E-state index is 12.2. The third-order valence-corrected chi connectivity index (χ3v) is 5.07. The fourth-order valence-electron chi connectivity index (χ4n) is 2.07. The Morgan fingerprint density at radius 3 is 2.70 bits per heavy atom. The topological polar surface area (TPSA) is 70.2 Å². The van der Waals surface area contributed by atoms with Gasteiger partial charge in [-0.15, -0.1) is 11.3 Å². The van der Waals surface area contributed by atoms with Gasteiger partial charge in [-0.25, -0.2) is 10.2 Å². The van der Waals surface area contributed by atoms with E-state index in [0.717, 1.165) is 29.3 Å². The summed E-state index contributed by atoms with van der Waals surface area (Å²) in [5.74, 6) is -0.417. The van der Waals surface area contributed by atoms with E-state index in [1.807, 2.05) is 25.1 Å². The Bertz CT molecular complexity index is 715. The fraction of sp³-hybridized carbons (Fsp3) is 0.375. The van der Waals surface area contributed by atoms with Gasteiger partial charge >= 0.3 is 6.03 Å². The first-order chi connectivity index (χ1) is 11.1. The normalized spacial score (nSPS) is 10.6. The number of halogens is 1. The lowest BCUT2D eigenvalue weighted by molar-refractivity contribution is 0.0940. The molecule has 23 heavy (non-hydrogen) atoms. The molecule has 5 nitrogen and oxygen atoms in total. The highest BCUT2D eigenvalue weighted by molar-refractivity contribution is 7.21. The van der Waals surface area contributed by atoms with Gasteiger partial charge in [-0.2, -0.15) is 0 Å². The number of rotatable bonds is 5. The number of amides is 3. The van der Waals surface area contributed by atoms with Gasteiger partial charge < -0.3 is 5.32 Å². The zero-order valence-electron chi connectivity index (χ0n) is 13.2. The Morgan fingerprint density at radius 2 is 2.00 bits per heavy atom. The summed E-state index contributed by atoms with van der Waals surface area (Å²) in [6, 6.07) is 5.53. The number of hydrogen-bond acceptors (Lipinski definition) is 3. The van der Waals surface area contributed by atoms with Gasteiger partial charge in [0.1, 0.15) is 4.88 Å². The minimum Gasteiger partial charge on any atom is -0.337 e. The van der Waals surface area contributed by atoms with Crippen molar-refractivity contribution >= 4 is 45.0 Å². The summed E-state index contributed by atoms with van der Waals surface area (Å²) in [5, 5.41) is 3.92. The first kappa shape index (κ1) is 17.6. The molecule has 0 atom stereocenters. The molecule has 0 unspecified atom stereocenters. The summed E-state index contributed by atoms with van der Waals surface area (Å²) >= 11 is 7.61. The van der Waals surface area contributed by atoms with E-state index in [4.69, 9.17) is 11.6 Å². The minimum atomic E-state index is -0.433. The lowest BCUT2D eigenvalue weighted by atomic mass is 10.1. The van der Waals surface area contributed by atoms with Crippen LogP contribution in [-0.4, -0.2) is 18.5 Å². The molecule has 3 amide bonds. The first-order valence-corrected chi connectivity index (χ1v) is 8.81. The van der Waals surface area contributed by atoms with Gasteiger partial charge in [0, 0.05) is 16.6 Å². The predicted molar refractivity (Wildman–Crippen MR) is 95.1 cm³/mol. The summed E-state index contributed by atoms with van der Waals surface area (Å²) in [4.78, 5) is 24.1. The molecule has 0 radical (unpaired) electrons. The third-order valence-electron chi connectivity index (χ3n) is 3.41. The highest BCUT2D eigenvalue weighted by Gasteiger charge is 2.17. The number of unbranched alkanes of at least 4 members (excludes halogenated alkanes) is 1. The summed E-state index contributed by atoms with van der Waals surface area (Å²) in [6.07, 6.45) is 2.81. The van der Waals surface area contributed by atoms with Crippen molar-refractivity contribution in [3.63, 3.8) is 0 Å². The van der Waals surface area contributed by atoms with Gasteiger partial charge in [0.2, 0.25) is 0 Å². The summed E-state index contributed by atoms with van der Waals surface area (Å²) in [6.45, 7) is 4.68. The van der Waals surface area contributed by atoms with Crippen LogP contribution in [0.5, 0.6) is 0 Å². The first-order valence-electron chi connectivity index (χ1n) is 7.61. The van der Waals surface area contributed by atoms with Gasteiger partial charge in [-0.1, -0.05) is 44.0 Å². The van der Waals surface area contributed by atoms with E-state index in [1.165, 1.54) is 16.9 Å². The van der Waals surface area contributed by atoms with Gasteiger partial charge in [0.05, 0.1) is 5.02 Å². The van der Waals surface area contributed by atoms with Crippen molar-refractivity contribution in [1.82, 2.24) is 16.2 Å². The van der Waals surface area contributed by atoms with Gasteiger partial charge in [0.15, 0.2) is 0 Å². The van der Waals surface area contributed by atoms with E-state index in [2.05, 4.69) is 23.1 Å². The Hall–Kier alpha value is -1.79. The van der Waals surface area contributed by atoms with Crippen molar-refractivity contribution in [2.75, 3.05) is 6.54 Å². The highest BCUT2D eigenvalue weighted by Crippen LogP contribution is 2.35. The van der Waals surface area contributed by atoms with Crippen LogP contribution >= 0.6 is 22.9 Å². The Balaban J connectivity index is 2.03. The Kier molecular flexibility index (Phi) is 6.24. The van der Waals surface area contributed by atoms with E-state index < -0.39 is 11.9 Å². The molecule has 0 spiro atoms. The van der Waals surface area contributed by atoms with Crippen LogP contribution < -0.4 is 16.2 Å². The lowest BCUT2D eigenvalue weighted by Gasteiger charge is -2.07. The van der Waals surface area contributed by atoms with E-state index in [-0.39, 0.29) is 0 Å². The number of hydrazine groups is 1. The molecule has 7 heteroatoms. The number of benzene rings is 1. The van der Waals surface area contributed by atoms with Crippen molar-refractivity contribution in [2.45, 2.75) is 33.1 Å². The number of aryl methyl sites for hydroxylation is 1. The van der Waals surface area contributed by atoms with Crippen LogP contribution in [0.15, 0.2) is 18.2 Å². The van der Waals surface area contributed by atoms with Crippen LogP contribution in [0.4, 0.5) is 4.79 Å². The molecule has 1 heterocycles. The van der Waals surface area contributed by atoms with Crippen molar-refractivity contribution in [3.05, 3.63) is 33.7 Å². The summed E-state index contributed by atoms with van der Waals surface area (Å²) in [7, 11) is 0. The van der Waals surface area contributed by atoms with Crippen molar-refractivity contribution in [2.24, 2.45) is 0 Å². The molecule has 0 aliphatic carbocycles. The Morgan fingerprint density at radius 1 is 1.22 bits per heavy atom. The molecular weight excluding hydrogens is 334 g/mol. The lowest BCUT2D eigenvalue weighted by Crippen LogP contribution is -2.47. The number of urea groups is 1. The molecule has 0 saturated heterocycles. The van der Waals surface area contributed by atoms with Gasteiger partial charge in [-0.05, 0) is 24.5 Å². The monoisotopic (exact) mass is 353 g/mol. The molecule has 2 rings (SSSR count). The molecule has 0 bridgehead atoms. The smallest absolute Gasteiger partial charge is 0.333 e. The molecule has 0 saturated carbocycles. The van der Waals surface area contributed by atoms with Crippen LogP contribution in [0.3, 0.4) is 0 Å². The maximum Gasteiger partial charge on any atom is 0.333 e.